The van der Waals surface area contributed by atoms with Crippen LogP contribution in [0.15, 0.2) is 61.1 Å². The van der Waals surface area contributed by atoms with E-state index in [0.29, 0.717) is 42.8 Å². The summed E-state index contributed by atoms with van der Waals surface area (Å²) in [4.78, 5) is 29.7. The number of amides is 2. The highest BCUT2D eigenvalue weighted by molar-refractivity contribution is 6.00. The molecule has 0 saturated heterocycles. The van der Waals surface area contributed by atoms with E-state index in [1.807, 2.05) is 36.4 Å². The van der Waals surface area contributed by atoms with Crippen molar-refractivity contribution in [2.24, 2.45) is 0 Å². The van der Waals surface area contributed by atoms with Crippen molar-refractivity contribution < 1.29 is 27.5 Å². The second-order valence-corrected chi connectivity index (χ2v) is 10.4. The monoisotopic (exact) mass is 528 g/mol. The third kappa shape index (κ3) is 6.00. The van der Waals surface area contributed by atoms with Gasteiger partial charge in [-0.3, -0.25) is 10.1 Å². The van der Waals surface area contributed by atoms with Crippen LogP contribution in [0, 0.1) is 0 Å². The van der Waals surface area contributed by atoms with Gasteiger partial charge in [0, 0.05) is 12.7 Å². The van der Waals surface area contributed by atoms with Crippen LogP contribution in [0.25, 0.3) is 11.1 Å². The van der Waals surface area contributed by atoms with Crippen LogP contribution in [0.5, 0.6) is 0 Å². The predicted molar refractivity (Wildman–Crippen MR) is 138 cm³/mol. The Bertz CT molecular complexity index is 1270. The van der Waals surface area contributed by atoms with Crippen LogP contribution in [-0.2, 0) is 21.5 Å². The molecule has 1 aliphatic carbocycles. The predicted octanol–water partition coefficient (Wildman–Crippen LogP) is 6.05. The average molecular weight is 529 g/mol. The highest BCUT2D eigenvalue weighted by Crippen LogP contribution is 2.51. The topological polar surface area (TPSA) is 85.2 Å². The molecule has 0 radical (unpaired) electrons. The number of fused-ring (bicyclic) bond motifs is 3. The summed E-state index contributed by atoms with van der Waals surface area (Å²) < 4.78 is 46.1. The van der Waals surface area contributed by atoms with E-state index in [1.54, 1.807) is 50.0 Å². The zero-order valence-corrected chi connectivity index (χ0v) is 21.6. The molecule has 0 aliphatic heterocycles. The second-order valence-electron chi connectivity index (χ2n) is 10.4. The molecule has 7 nitrogen and oxygen atoms in total. The van der Waals surface area contributed by atoms with Gasteiger partial charge in [0.2, 0.25) is 5.91 Å². The van der Waals surface area contributed by atoms with Gasteiger partial charge in [-0.1, -0.05) is 48.5 Å². The number of alkyl halides is 3. The van der Waals surface area contributed by atoms with Crippen LogP contribution in [0.4, 0.5) is 23.8 Å². The summed E-state index contributed by atoms with van der Waals surface area (Å²) in [6, 6.07) is 14.8. The van der Waals surface area contributed by atoms with E-state index < -0.39 is 35.7 Å². The number of hydrogen-bond acceptors (Lipinski definition) is 4. The number of unbranched alkanes of at least 4 members (excludes halogenated alkanes) is 1. The van der Waals surface area contributed by atoms with Gasteiger partial charge in [-0.25, -0.2) is 9.78 Å². The number of rotatable bonds is 8. The van der Waals surface area contributed by atoms with E-state index in [0.717, 1.165) is 11.1 Å². The number of halogens is 3. The number of aromatic nitrogens is 2. The Morgan fingerprint density at radius 1 is 0.974 bits per heavy atom. The minimum atomic E-state index is -4.51. The number of hydrogen-bond donors (Lipinski definition) is 2. The molecule has 2 aromatic carbocycles. The summed E-state index contributed by atoms with van der Waals surface area (Å²) in [7, 11) is 0. The van der Waals surface area contributed by atoms with Gasteiger partial charge < -0.3 is 14.6 Å². The molecular formula is C28H31F3N4O3. The number of aryl methyl sites for hydroxylation is 1. The smallest absolute Gasteiger partial charge is 0.413 e. The van der Waals surface area contributed by atoms with Crippen LogP contribution < -0.4 is 10.6 Å². The Morgan fingerprint density at radius 2 is 1.58 bits per heavy atom. The Balaban J connectivity index is 1.49. The molecule has 4 rings (SSSR count). The van der Waals surface area contributed by atoms with E-state index in [2.05, 4.69) is 15.6 Å². The number of ether oxygens (including phenoxy) is 1. The molecule has 0 spiro atoms. The summed E-state index contributed by atoms with van der Waals surface area (Å²) in [5, 5.41) is 4.74. The maximum atomic E-state index is 13.5. The molecule has 1 aromatic heterocycles. The summed E-state index contributed by atoms with van der Waals surface area (Å²) in [6.45, 7) is 4.46. The minimum absolute atomic E-state index is 0.336. The van der Waals surface area contributed by atoms with E-state index in [4.69, 9.17) is 4.74 Å². The summed E-state index contributed by atoms with van der Waals surface area (Å²) in [5.41, 5.74) is 1.29. The fourth-order valence-corrected chi connectivity index (χ4v) is 4.92. The number of nitrogens with zero attached hydrogens (tertiary/aromatic N) is 2. The zero-order valence-electron chi connectivity index (χ0n) is 21.6. The Hall–Kier alpha value is -3.82. The SMILES string of the molecule is CC(C)(C)OC(=O)Nc1cn(CCCCC2(C(=O)NCC(F)(F)F)c3ccccc3-c3ccccc32)cn1. The number of imidazole rings is 1. The first-order valence-electron chi connectivity index (χ1n) is 12.5. The molecule has 10 heteroatoms. The summed E-state index contributed by atoms with van der Waals surface area (Å²) in [6.07, 6.45) is -0.318. The highest BCUT2D eigenvalue weighted by atomic mass is 19.4. The molecule has 0 atom stereocenters. The van der Waals surface area contributed by atoms with Gasteiger partial charge >= 0.3 is 12.3 Å². The van der Waals surface area contributed by atoms with Gasteiger partial charge in [0.15, 0.2) is 5.82 Å². The van der Waals surface area contributed by atoms with Crippen molar-refractivity contribution in [3.05, 3.63) is 72.2 Å². The number of carbonyl (C=O) groups excluding carboxylic acids is 2. The van der Waals surface area contributed by atoms with Crippen molar-refractivity contribution >= 4 is 17.8 Å². The molecule has 1 aliphatic rings. The van der Waals surface area contributed by atoms with Gasteiger partial charge in [-0.15, -0.1) is 0 Å². The largest absolute Gasteiger partial charge is 0.444 e. The summed E-state index contributed by atoms with van der Waals surface area (Å²) >= 11 is 0. The number of nitrogens with one attached hydrogen (secondary N) is 2. The quantitative estimate of drug-likeness (QED) is 0.349. The van der Waals surface area contributed by atoms with Crippen LogP contribution >= 0.6 is 0 Å². The average Bonchev–Trinajstić information content (AvgIpc) is 3.39. The third-order valence-corrected chi connectivity index (χ3v) is 6.38. The summed E-state index contributed by atoms with van der Waals surface area (Å²) in [5.74, 6) is -0.306. The minimum Gasteiger partial charge on any atom is -0.444 e. The molecule has 2 amide bonds. The molecule has 38 heavy (non-hydrogen) atoms. The normalized spacial score (nSPS) is 13.9. The fourth-order valence-electron chi connectivity index (χ4n) is 4.92. The molecule has 0 unspecified atom stereocenters. The first-order valence-corrected chi connectivity index (χ1v) is 12.5. The number of carbonyl (C=O) groups is 2. The standard InChI is InChI=1S/C28H31F3N4O3/c1-26(2,3)38-25(37)34-23-16-35(18-33-23)15-9-8-14-27(24(36)32-17-28(29,30)31)21-12-6-4-10-19(21)20-11-5-7-13-22(20)27/h4-7,10-13,16,18H,8-9,14-15,17H2,1-3H3,(H,32,36)(H,34,37). The van der Waals surface area contributed by atoms with Gasteiger partial charge in [-0.2, -0.15) is 13.2 Å². The maximum absolute atomic E-state index is 13.5. The lowest BCUT2D eigenvalue weighted by Crippen LogP contribution is -2.47. The fraction of sp³-hybridized carbons (Fsp3) is 0.393. The van der Waals surface area contributed by atoms with E-state index >= 15 is 0 Å². The van der Waals surface area contributed by atoms with Crippen molar-refractivity contribution in [2.75, 3.05) is 11.9 Å². The van der Waals surface area contributed by atoms with Crippen LogP contribution in [-0.4, -0.2) is 39.9 Å². The molecule has 2 N–H and O–H groups in total. The Kier molecular flexibility index (Phi) is 7.53. The third-order valence-electron chi connectivity index (χ3n) is 6.38. The lowest BCUT2D eigenvalue weighted by molar-refractivity contribution is -0.141. The molecule has 0 fully saturated rings. The number of anilines is 1. The lowest BCUT2D eigenvalue weighted by atomic mass is 9.73. The first-order chi connectivity index (χ1) is 17.9. The zero-order chi connectivity index (χ0) is 27.6. The molecular weight excluding hydrogens is 497 g/mol. The van der Waals surface area contributed by atoms with E-state index in [9.17, 15) is 22.8 Å². The van der Waals surface area contributed by atoms with Crippen molar-refractivity contribution in [2.45, 2.75) is 63.8 Å². The van der Waals surface area contributed by atoms with Crippen LogP contribution in [0.3, 0.4) is 0 Å². The van der Waals surface area contributed by atoms with Gasteiger partial charge in [0.1, 0.15) is 17.6 Å². The second kappa shape index (κ2) is 10.5. The van der Waals surface area contributed by atoms with Crippen LogP contribution in [0.1, 0.15) is 51.2 Å². The van der Waals surface area contributed by atoms with E-state index in [1.165, 1.54) is 0 Å². The highest BCUT2D eigenvalue weighted by Gasteiger charge is 2.49. The molecule has 202 valence electrons. The van der Waals surface area contributed by atoms with E-state index in [-0.39, 0.29) is 0 Å². The van der Waals surface area contributed by atoms with Crippen LogP contribution in [0.2, 0.25) is 0 Å². The van der Waals surface area contributed by atoms with Crippen molar-refractivity contribution in [3.63, 3.8) is 0 Å². The molecule has 1 heterocycles. The lowest BCUT2D eigenvalue weighted by Gasteiger charge is -2.31. The van der Waals surface area contributed by atoms with Gasteiger partial charge in [0.05, 0.1) is 6.33 Å². The van der Waals surface area contributed by atoms with Crippen molar-refractivity contribution in [1.29, 1.82) is 0 Å². The van der Waals surface area contributed by atoms with Crippen molar-refractivity contribution in [1.82, 2.24) is 14.9 Å². The molecule has 3 aromatic rings. The van der Waals surface area contributed by atoms with Gasteiger partial charge in [-0.05, 0) is 62.3 Å². The first kappa shape index (κ1) is 27.2. The maximum Gasteiger partial charge on any atom is 0.413 e. The van der Waals surface area contributed by atoms with Crippen molar-refractivity contribution in [3.8, 4) is 11.1 Å². The number of benzene rings is 2. The van der Waals surface area contributed by atoms with Gasteiger partial charge in [0.25, 0.3) is 0 Å². The Labute approximate surface area is 219 Å². The molecule has 0 bridgehead atoms. The Morgan fingerprint density at radius 3 is 2.16 bits per heavy atom. The molecule has 0 saturated carbocycles.